The normalized spacial score (nSPS) is 17.8. The van der Waals surface area contributed by atoms with Crippen LogP contribution in [0.15, 0.2) is 29.8 Å². The highest BCUT2D eigenvalue weighted by molar-refractivity contribution is 6.46. The van der Waals surface area contributed by atoms with Crippen LogP contribution in [-0.2, 0) is 14.3 Å². The first-order chi connectivity index (χ1) is 15.6. The predicted octanol–water partition coefficient (Wildman–Crippen LogP) is 2.93. The number of carbonyl (C=O) groups excluding carboxylic acids is 3. The van der Waals surface area contributed by atoms with Crippen molar-refractivity contribution < 1.29 is 28.6 Å². The van der Waals surface area contributed by atoms with E-state index in [9.17, 15) is 23.9 Å². The Kier molecular flexibility index (Phi) is 7.02. The third kappa shape index (κ3) is 4.54. The third-order valence-corrected chi connectivity index (χ3v) is 5.77. The number of esters is 1. The van der Waals surface area contributed by atoms with Crippen molar-refractivity contribution in [3.63, 3.8) is 0 Å². The summed E-state index contributed by atoms with van der Waals surface area (Å²) in [5.41, 5.74) is 1.43. The third-order valence-electron chi connectivity index (χ3n) is 5.77. The molecule has 33 heavy (non-hydrogen) atoms. The number of ketones is 1. The standard InChI is InChI=1S/C24H28FN3O5/c1-13-17(14(2)26-19(13)24(32)33-5)21(29)18-20(15-8-6-9-16(25)12-15)28(23(31)22(18)30)11-7-10-27(3)4/h6,8-9,12,20,26,29H,7,10-11H2,1-5H3/b21-18-. The van der Waals surface area contributed by atoms with Crippen molar-refractivity contribution in [2.75, 3.05) is 34.3 Å². The average molecular weight is 458 g/mol. The number of aryl methyl sites for hydroxylation is 1. The average Bonchev–Trinajstić information content (AvgIpc) is 3.20. The van der Waals surface area contributed by atoms with E-state index in [1.165, 1.54) is 30.2 Å². The molecule has 1 aliphatic heterocycles. The summed E-state index contributed by atoms with van der Waals surface area (Å²) in [6.45, 7) is 4.17. The molecule has 0 bridgehead atoms. The van der Waals surface area contributed by atoms with Crippen molar-refractivity contribution in [2.45, 2.75) is 26.3 Å². The first-order valence-electron chi connectivity index (χ1n) is 10.5. The van der Waals surface area contributed by atoms with Gasteiger partial charge in [0.25, 0.3) is 11.7 Å². The van der Waals surface area contributed by atoms with E-state index in [0.717, 1.165) is 0 Å². The van der Waals surface area contributed by atoms with Gasteiger partial charge in [-0.3, -0.25) is 9.59 Å². The second kappa shape index (κ2) is 9.58. The number of nitrogens with one attached hydrogen (secondary N) is 1. The molecule has 0 radical (unpaired) electrons. The molecular formula is C24H28FN3O5. The molecule has 9 heteroatoms. The lowest BCUT2D eigenvalue weighted by Gasteiger charge is -2.26. The van der Waals surface area contributed by atoms with Crippen LogP contribution in [0, 0.1) is 19.7 Å². The zero-order valence-electron chi connectivity index (χ0n) is 19.4. The van der Waals surface area contributed by atoms with Crippen LogP contribution in [0.25, 0.3) is 5.76 Å². The van der Waals surface area contributed by atoms with Gasteiger partial charge in [0.1, 0.15) is 17.3 Å². The number of ether oxygens (including phenoxy) is 1. The highest BCUT2D eigenvalue weighted by Crippen LogP contribution is 2.41. The van der Waals surface area contributed by atoms with Gasteiger partial charge >= 0.3 is 5.97 Å². The number of hydrogen-bond acceptors (Lipinski definition) is 6. The largest absolute Gasteiger partial charge is 0.507 e. The number of methoxy groups -OCH3 is 1. The van der Waals surface area contributed by atoms with Gasteiger partial charge in [-0.25, -0.2) is 9.18 Å². The molecule has 2 aromatic rings. The molecule has 3 rings (SSSR count). The summed E-state index contributed by atoms with van der Waals surface area (Å²) < 4.78 is 18.9. The summed E-state index contributed by atoms with van der Waals surface area (Å²) in [6.07, 6.45) is 0.584. The van der Waals surface area contributed by atoms with E-state index in [1.54, 1.807) is 19.9 Å². The molecule has 1 aromatic carbocycles. The van der Waals surface area contributed by atoms with Gasteiger partial charge in [-0.1, -0.05) is 12.1 Å². The summed E-state index contributed by atoms with van der Waals surface area (Å²) >= 11 is 0. The van der Waals surface area contributed by atoms with Gasteiger partial charge in [0.05, 0.1) is 18.7 Å². The molecule has 2 N–H and O–H groups in total. The maximum Gasteiger partial charge on any atom is 0.354 e. The van der Waals surface area contributed by atoms with Crippen LogP contribution in [0.2, 0.25) is 0 Å². The number of likely N-dealkylation sites (tertiary alicyclic amines) is 1. The molecule has 1 saturated heterocycles. The monoisotopic (exact) mass is 457 g/mol. The summed E-state index contributed by atoms with van der Waals surface area (Å²) in [5, 5.41) is 11.3. The Labute approximate surface area is 191 Å². The molecule has 0 spiro atoms. The number of H-pyrrole nitrogens is 1. The number of amides is 1. The minimum atomic E-state index is -0.960. The van der Waals surface area contributed by atoms with E-state index in [0.29, 0.717) is 29.8 Å². The number of Topliss-reactive ketones (excluding diaryl/α,β-unsaturated/α-hetero) is 1. The molecule has 1 aliphatic rings. The minimum absolute atomic E-state index is 0.138. The molecule has 8 nitrogen and oxygen atoms in total. The topological polar surface area (TPSA) is 103 Å². The Morgan fingerprint density at radius 2 is 1.97 bits per heavy atom. The maximum atomic E-state index is 14.1. The van der Waals surface area contributed by atoms with Crippen molar-refractivity contribution in [3.05, 3.63) is 63.7 Å². The number of aromatic nitrogens is 1. The highest BCUT2D eigenvalue weighted by atomic mass is 19.1. The number of aliphatic hydroxyl groups excluding tert-OH is 1. The molecule has 2 heterocycles. The minimum Gasteiger partial charge on any atom is -0.507 e. The van der Waals surface area contributed by atoms with Crippen LogP contribution in [0.4, 0.5) is 4.39 Å². The smallest absolute Gasteiger partial charge is 0.354 e. The van der Waals surface area contributed by atoms with Crippen molar-refractivity contribution in [1.82, 2.24) is 14.8 Å². The van der Waals surface area contributed by atoms with E-state index < -0.39 is 35.3 Å². The van der Waals surface area contributed by atoms with Gasteiger partial charge < -0.3 is 24.6 Å². The molecule has 1 unspecified atom stereocenters. The quantitative estimate of drug-likeness (QED) is 0.287. The van der Waals surface area contributed by atoms with Crippen LogP contribution in [0.1, 0.15) is 45.3 Å². The van der Waals surface area contributed by atoms with Gasteiger partial charge in [-0.05, 0) is 64.2 Å². The Balaban J connectivity index is 2.18. The second-order valence-electron chi connectivity index (χ2n) is 8.32. The fraction of sp³-hybridized carbons (Fsp3) is 0.375. The summed E-state index contributed by atoms with van der Waals surface area (Å²) in [5.74, 6) is -3.18. The molecular weight excluding hydrogens is 429 g/mol. The number of halogens is 1. The van der Waals surface area contributed by atoms with E-state index >= 15 is 0 Å². The maximum absolute atomic E-state index is 14.1. The molecule has 1 aromatic heterocycles. The highest BCUT2D eigenvalue weighted by Gasteiger charge is 2.46. The number of rotatable bonds is 7. The SMILES string of the molecule is COC(=O)c1[nH]c(C)c(/C(O)=C2/C(=O)C(=O)N(CCCN(C)C)C2c2cccc(F)c2)c1C. The van der Waals surface area contributed by atoms with Crippen molar-refractivity contribution in [1.29, 1.82) is 0 Å². The molecule has 1 amide bonds. The number of aliphatic hydroxyl groups is 1. The molecule has 1 fully saturated rings. The Morgan fingerprint density at radius 3 is 2.58 bits per heavy atom. The lowest BCUT2D eigenvalue weighted by Crippen LogP contribution is -2.32. The Morgan fingerprint density at radius 1 is 1.27 bits per heavy atom. The fourth-order valence-corrected chi connectivity index (χ4v) is 4.24. The predicted molar refractivity (Wildman–Crippen MR) is 120 cm³/mol. The summed E-state index contributed by atoms with van der Waals surface area (Å²) in [4.78, 5) is 44.3. The van der Waals surface area contributed by atoms with Crippen molar-refractivity contribution >= 4 is 23.4 Å². The molecule has 176 valence electrons. The van der Waals surface area contributed by atoms with Crippen molar-refractivity contribution in [3.8, 4) is 0 Å². The second-order valence-corrected chi connectivity index (χ2v) is 8.32. The summed E-state index contributed by atoms with van der Waals surface area (Å²) in [6, 6.07) is 4.66. The van der Waals surface area contributed by atoms with Gasteiger partial charge in [-0.15, -0.1) is 0 Å². The number of aromatic amines is 1. The van der Waals surface area contributed by atoms with E-state index in [2.05, 4.69) is 4.98 Å². The number of hydrogen-bond donors (Lipinski definition) is 2. The number of benzene rings is 1. The lowest BCUT2D eigenvalue weighted by molar-refractivity contribution is -0.139. The lowest BCUT2D eigenvalue weighted by atomic mass is 9.94. The van der Waals surface area contributed by atoms with Crippen LogP contribution in [-0.4, -0.2) is 71.8 Å². The Bertz CT molecular complexity index is 1140. The Hall–Kier alpha value is -3.46. The number of carbonyl (C=O) groups is 3. The van der Waals surface area contributed by atoms with Crippen molar-refractivity contribution in [2.24, 2.45) is 0 Å². The zero-order chi connectivity index (χ0) is 24.4. The summed E-state index contributed by atoms with van der Waals surface area (Å²) in [7, 11) is 5.03. The van der Waals surface area contributed by atoms with Crippen LogP contribution >= 0.6 is 0 Å². The molecule has 0 aliphatic carbocycles. The van der Waals surface area contributed by atoms with Gasteiger partial charge in [0.15, 0.2) is 0 Å². The van der Waals surface area contributed by atoms with Crippen LogP contribution in [0.3, 0.4) is 0 Å². The molecule has 0 saturated carbocycles. The molecule has 1 atom stereocenters. The van der Waals surface area contributed by atoms with E-state index in [1.807, 2.05) is 19.0 Å². The van der Waals surface area contributed by atoms with Gasteiger partial charge in [0, 0.05) is 17.8 Å². The first kappa shape index (κ1) is 24.2. The van der Waals surface area contributed by atoms with Gasteiger partial charge in [0.2, 0.25) is 0 Å². The van der Waals surface area contributed by atoms with Gasteiger partial charge in [-0.2, -0.15) is 0 Å². The fourth-order valence-electron chi connectivity index (χ4n) is 4.24. The first-order valence-corrected chi connectivity index (χ1v) is 10.5. The van der Waals surface area contributed by atoms with E-state index in [4.69, 9.17) is 4.74 Å². The zero-order valence-corrected chi connectivity index (χ0v) is 19.4. The van der Waals surface area contributed by atoms with Crippen LogP contribution in [0.5, 0.6) is 0 Å². The van der Waals surface area contributed by atoms with E-state index in [-0.39, 0.29) is 23.4 Å². The van der Waals surface area contributed by atoms with Crippen LogP contribution < -0.4 is 0 Å². The number of nitrogens with zero attached hydrogens (tertiary/aromatic N) is 2.